The highest BCUT2D eigenvalue weighted by Gasteiger charge is 2.17. The van der Waals surface area contributed by atoms with Gasteiger partial charge in [-0.2, -0.15) is 0 Å². The first-order valence-corrected chi connectivity index (χ1v) is 13.5. The van der Waals surface area contributed by atoms with Gasteiger partial charge < -0.3 is 20.1 Å². The molecule has 0 spiro atoms. The van der Waals surface area contributed by atoms with Crippen molar-refractivity contribution in [2.24, 2.45) is 0 Å². The van der Waals surface area contributed by atoms with E-state index in [0.29, 0.717) is 23.7 Å². The Labute approximate surface area is 232 Å². The van der Waals surface area contributed by atoms with Crippen LogP contribution in [0.4, 0.5) is 17.1 Å². The van der Waals surface area contributed by atoms with Gasteiger partial charge >= 0.3 is 0 Å². The highest BCUT2D eigenvalue weighted by molar-refractivity contribution is 7.99. The maximum Gasteiger partial charge on any atom is 0.262 e. The highest BCUT2D eigenvalue weighted by Crippen LogP contribution is 2.44. The number of ether oxygens (including phenoxy) is 2. The van der Waals surface area contributed by atoms with Crippen molar-refractivity contribution in [2.45, 2.75) is 23.6 Å². The molecule has 1 aliphatic rings. The molecule has 39 heavy (non-hydrogen) atoms. The fourth-order valence-corrected chi connectivity index (χ4v) is 5.09. The normalized spacial score (nSPS) is 11.7. The van der Waals surface area contributed by atoms with Gasteiger partial charge in [0.2, 0.25) is 0 Å². The Kier molecular flexibility index (Phi) is 7.99. The molecule has 0 unspecified atom stereocenters. The minimum absolute atomic E-state index is 0.102. The summed E-state index contributed by atoms with van der Waals surface area (Å²) >= 11 is 1.68. The molecular formula is C32H28N2O4S. The molecule has 5 rings (SSSR count). The summed E-state index contributed by atoms with van der Waals surface area (Å²) in [5.41, 5.74) is 5.06. The van der Waals surface area contributed by atoms with Crippen molar-refractivity contribution in [1.82, 2.24) is 0 Å². The summed E-state index contributed by atoms with van der Waals surface area (Å²) in [6.45, 7) is 4.08. The molecule has 0 fully saturated rings. The number of carbonyl (C=O) groups excluding carboxylic acids is 2. The van der Waals surface area contributed by atoms with E-state index >= 15 is 0 Å². The number of carbonyl (C=O) groups is 2. The number of anilines is 3. The fourth-order valence-electron chi connectivity index (χ4n) is 4.12. The standard InChI is InChI=1S/C32H28N2O4S/c1-3-37-29-18-22(13-16-28(29)38-20-32(36)34-24-9-5-4-8-21(24)2)12-15-27(35)23-14-17-31-26(19-23)33-25-10-6-7-11-30(25)39-31/h4-19,33H,3,20H2,1-2H3,(H,34,36)/b15-12+. The topological polar surface area (TPSA) is 76.7 Å². The van der Waals surface area contributed by atoms with Crippen molar-refractivity contribution in [3.8, 4) is 11.5 Å². The number of fused-ring (bicyclic) bond motifs is 2. The second-order valence-electron chi connectivity index (χ2n) is 8.92. The Morgan fingerprint density at radius 2 is 1.67 bits per heavy atom. The van der Waals surface area contributed by atoms with Gasteiger partial charge in [0, 0.05) is 21.0 Å². The van der Waals surface area contributed by atoms with Crippen LogP contribution in [0.5, 0.6) is 11.5 Å². The van der Waals surface area contributed by atoms with E-state index < -0.39 is 0 Å². The lowest BCUT2D eigenvalue weighted by Crippen LogP contribution is -2.20. The van der Waals surface area contributed by atoms with Crippen molar-refractivity contribution in [3.63, 3.8) is 0 Å². The molecule has 4 aromatic carbocycles. The molecule has 7 heteroatoms. The molecule has 4 aromatic rings. The average molecular weight is 537 g/mol. The second kappa shape index (κ2) is 11.9. The average Bonchev–Trinajstić information content (AvgIpc) is 2.95. The zero-order valence-corrected chi connectivity index (χ0v) is 22.5. The van der Waals surface area contributed by atoms with Crippen molar-refractivity contribution in [1.29, 1.82) is 0 Å². The minimum Gasteiger partial charge on any atom is -0.490 e. The molecule has 0 atom stereocenters. The lowest BCUT2D eigenvalue weighted by atomic mass is 10.1. The number of benzene rings is 4. The third-order valence-electron chi connectivity index (χ3n) is 6.11. The molecule has 0 radical (unpaired) electrons. The zero-order chi connectivity index (χ0) is 27.2. The summed E-state index contributed by atoms with van der Waals surface area (Å²) < 4.78 is 11.5. The number of ketones is 1. The molecule has 1 heterocycles. The first-order valence-electron chi connectivity index (χ1n) is 12.7. The monoisotopic (exact) mass is 536 g/mol. The zero-order valence-electron chi connectivity index (χ0n) is 21.7. The SMILES string of the molecule is CCOc1cc(/C=C/C(=O)c2ccc3c(c2)Nc2ccccc2S3)ccc1OCC(=O)Nc1ccccc1C. The third-order valence-corrected chi connectivity index (χ3v) is 7.26. The Bertz CT molecular complexity index is 1560. The van der Waals surface area contributed by atoms with Crippen molar-refractivity contribution in [3.05, 3.63) is 108 Å². The largest absolute Gasteiger partial charge is 0.490 e. The van der Waals surface area contributed by atoms with Gasteiger partial charge in [-0.3, -0.25) is 9.59 Å². The van der Waals surface area contributed by atoms with E-state index in [1.165, 1.54) is 0 Å². The van der Waals surface area contributed by atoms with Crippen LogP contribution in [0.25, 0.3) is 6.08 Å². The maximum absolute atomic E-state index is 13.0. The summed E-state index contributed by atoms with van der Waals surface area (Å²) in [7, 11) is 0. The number of amides is 1. The summed E-state index contributed by atoms with van der Waals surface area (Å²) in [5, 5.41) is 6.27. The van der Waals surface area contributed by atoms with Crippen molar-refractivity contribution < 1.29 is 19.1 Å². The van der Waals surface area contributed by atoms with Gasteiger partial charge in [-0.1, -0.05) is 54.2 Å². The molecule has 2 N–H and O–H groups in total. The van der Waals surface area contributed by atoms with E-state index in [2.05, 4.69) is 16.7 Å². The van der Waals surface area contributed by atoms with Gasteiger partial charge in [-0.15, -0.1) is 0 Å². The molecule has 0 aliphatic carbocycles. The van der Waals surface area contributed by atoms with Gasteiger partial charge in [0.15, 0.2) is 23.9 Å². The van der Waals surface area contributed by atoms with Crippen LogP contribution in [0.15, 0.2) is 101 Å². The van der Waals surface area contributed by atoms with Crippen LogP contribution in [0.3, 0.4) is 0 Å². The van der Waals surface area contributed by atoms with Gasteiger partial charge in [0.05, 0.1) is 18.0 Å². The number of rotatable bonds is 9. The van der Waals surface area contributed by atoms with Crippen LogP contribution in [-0.2, 0) is 4.79 Å². The lowest BCUT2D eigenvalue weighted by Gasteiger charge is -2.20. The van der Waals surface area contributed by atoms with E-state index in [4.69, 9.17) is 9.47 Å². The Morgan fingerprint density at radius 1 is 0.872 bits per heavy atom. The molecule has 0 saturated carbocycles. The van der Waals surface area contributed by atoms with Crippen LogP contribution in [0.1, 0.15) is 28.4 Å². The van der Waals surface area contributed by atoms with Gasteiger partial charge in [0.1, 0.15) is 0 Å². The van der Waals surface area contributed by atoms with Crippen LogP contribution < -0.4 is 20.1 Å². The van der Waals surface area contributed by atoms with Crippen LogP contribution in [0.2, 0.25) is 0 Å². The maximum atomic E-state index is 13.0. The summed E-state index contributed by atoms with van der Waals surface area (Å²) in [4.78, 5) is 27.6. The molecule has 1 amide bonds. The minimum atomic E-state index is -0.261. The quantitative estimate of drug-likeness (QED) is 0.150. The molecular weight excluding hydrogens is 508 g/mol. The smallest absolute Gasteiger partial charge is 0.262 e. The number of nitrogens with one attached hydrogen (secondary N) is 2. The summed E-state index contributed by atoms with van der Waals surface area (Å²) in [5.74, 6) is 0.598. The van der Waals surface area contributed by atoms with Crippen LogP contribution in [-0.4, -0.2) is 24.9 Å². The van der Waals surface area contributed by atoms with Crippen LogP contribution >= 0.6 is 11.8 Å². The number of hydrogen-bond donors (Lipinski definition) is 2. The van der Waals surface area contributed by atoms with Gasteiger partial charge in [-0.25, -0.2) is 0 Å². The summed E-state index contributed by atoms with van der Waals surface area (Å²) in [6.07, 6.45) is 3.29. The molecule has 196 valence electrons. The van der Waals surface area contributed by atoms with Gasteiger partial charge in [0.25, 0.3) is 5.91 Å². The first kappa shape index (κ1) is 26.1. The number of allylic oxidation sites excluding steroid dienone is 1. The second-order valence-corrected chi connectivity index (χ2v) is 10.0. The van der Waals surface area contributed by atoms with Crippen molar-refractivity contribution >= 4 is 46.6 Å². The third kappa shape index (κ3) is 6.33. The number of aryl methyl sites for hydroxylation is 1. The van der Waals surface area contributed by atoms with E-state index in [1.54, 1.807) is 36.0 Å². The number of para-hydroxylation sites is 2. The molecule has 0 aromatic heterocycles. The highest BCUT2D eigenvalue weighted by atomic mass is 32.2. The lowest BCUT2D eigenvalue weighted by molar-refractivity contribution is -0.118. The predicted octanol–water partition coefficient (Wildman–Crippen LogP) is 7.52. The van der Waals surface area contributed by atoms with Crippen molar-refractivity contribution in [2.75, 3.05) is 23.8 Å². The molecule has 6 nitrogen and oxygen atoms in total. The molecule has 1 aliphatic heterocycles. The predicted molar refractivity (Wildman–Crippen MR) is 157 cm³/mol. The Hall–Kier alpha value is -4.49. The van der Waals surface area contributed by atoms with E-state index in [-0.39, 0.29) is 18.3 Å². The summed E-state index contributed by atoms with van der Waals surface area (Å²) in [6, 6.07) is 26.7. The van der Waals surface area contributed by atoms with Gasteiger partial charge in [-0.05, 0) is 79.6 Å². The van der Waals surface area contributed by atoms with E-state index in [1.807, 2.05) is 80.6 Å². The fraction of sp³-hybridized carbons (Fsp3) is 0.125. The van der Waals surface area contributed by atoms with Crippen LogP contribution in [0, 0.1) is 6.92 Å². The first-order chi connectivity index (χ1) is 19.0. The molecule has 0 saturated heterocycles. The molecule has 0 bridgehead atoms. The Balaban J connectivity index is 1.24. The van der Waals surface area contributed by atoms with E-state index in [9.17, 15) is 9.59 Å². The number of hydrogen-bond acceptors (Lipinski definition) is 6. The Morgan fingerprint density at radius 3 is 2.51 bits per heavy atom. The van der Waals surface area contributed by atoms with E-state index in [0.717, 1.165) is 38.0 Å².